The zero-order chi connectivity index (χ0) is 17.9. The number of methoxy groups -OCH3 is 1. The maximum atomic E-state index is 8.95. The maximum absolute atomic E-state index is 8.95. The second-order valence-corrected chi connectivity index (χ2v) is 6.32. The number of ether oxygens (including phenoxy) is 1. The first kappa shape index (κ1) is 19.4. The Morgan fingerprint density at radius 3 is 2.64 bits per heavy atom. The van der Waals surface area contributed by atoms with E-state index in [9.17, 15) is 0 Å². The highest BCUT2D eigenvalue weighted by Gasteiger charge is 2.17. The van der Waals surface area contributed by atoms with Gasteiger partial charge in [0.05, 0.1) is 12.8 Å². The summed E-state index contributed by atoms with van der Waals surface area (Å²) in [4.78, 5) is 18.8. The number of anilines is 1. The van der Waals surface area contributed by atoms with Crippen LogP contribution in [0.15, 0.2) is 24.3 Å². The Balaban J connectivity index is 0.000000511. The lowest BCUT2D eigenvalue weighted by Gasteiger charge is -2.34. The van der Waals surface area contributed by atoms with Crippen LogP contribution in [-0.4, -0.2) is 67.6 Å². The van der Waals surface area contributed by atoms with Crippen LogP contribution in [0.5, 0.6) is 0 Å². The van der Waals surface area contributed by atoms with Crippen LogP contribution in [0.4, 0.5) is 5.82 Å². The number of carbonyl (C=O) groups excluding carboxylic acids is 1. The number of rotatable bonds is 5. The van der Waals surface area contributed by atoms with E-state index in [1.807, 2.05) is 0 Å². The first-order chi connectivity index (χ1) is 12.3. The van der Waals surface area contributed by atoms with Gasteiger partial charge in [0.25, 0.3) is 6.47 Å². The van der Waals surface area contributed by atoms with E-state index in [1.54, 1.807) is 0 Å². The smallest absolute Gasteiger partial charge is 0.292 e. The molecule has 0 spiro atoms. The van der Waals surface area contributed by atoms with Gasteiger partial charge in [-0.25, -0.2) is 4.98 Å². The van der Waals surface area contributed by atoms with E-state index in [-0.39, 0.29) is 0 Å². The Morgan fingerprint density at radius 2 is 1.96 bits per heavy atom. The number of aromatic nitrogens is 1. The quantitative estimate of drug-likeness (QED) is 0.649. The van der Waals surface area contributed by atoms with E-state index in [1.165, 1.54) is 31.2 Å². The zero-order valence-corrected chi connectivity index (χ0v) is 15.4. The Labute approximate surface area is 150 Å². The van der Waals surface area contributed by atoms with Crippen molar-refractivity contribution in [3.63, 3.8) is 0 Å². The molecule has 0 atom stereocenters. The van der Waals surface area contributed by atoms with E-state index < -0.39 is 0 Å². The molecular formula is C19H30N4O2. The number of hydrogen-bond donors (Lipinski definition) is 1. The molecule has 2 aliphatic rings. The van der Waals surface area contributed by atoms with Crippen molar-refractivity contribution >= 4 is 12.3 Å². The lowest BCUT2D eigenvalue weighted by Crippen LogP contribution is -2.45. The van der Waals surface area contributed by atoms with Crippen molar-refractivity contribution in [2.75, 3.05) is 51.7 Å². The van der Waals surface area contributed by atoms with E-state index >= 15 is 0 Å². The highest BCUT2D eigenvalue weighted by molar-refractivity contribution is 5.46. The molecular weight excluding hydrogens is 316 g/mol. The molecule has 0 aromatic carbocycles. The fourth-order valence-corrected chi connectivity index (χ4v) is 3.07. The van der Waals surface area contributed by atoms with Crippen molar-refractivity contribution in [2.45, 2.75) is 26.3 Å². The predicted octanol–water partition coefficient (Wildman–Crippen LogP) is 1.92. The molecule has 1 fully saturated rings. The Kier molecular flexibility index (Phi) is 8.42. The van der Waals surface area contributed by atoms with Gasteiger partial charge in [0.2, 0.25) is 0 Å². The molecule has 0 amide bonds. The molecule has 6 nitrogen and oxygen atoms in total. The van der Waals surface area contributed by atoms with Crippen LogP contribution in [0, 0.1) is 0 Å². The van der Waals surface area contributed by atoms with Crippen LogP contribution >= 0.6 is 0 Å². The fourth-order valence-electron chi connectivity index (χ4n) is 3.07. The zero-order valence-electron chi connectivity index (χ0n) is 15.4. The van der Waals surface area contributed by atoms with Crippen molar-refractivity contribution in [1.29, 1.82) is 0 Å². The molecule has 0 bridgehead atoms. The van der Waals surface area contributed by atoms with E-state index in [0.29, 0.717) is 6.47 Å². The van der Waals surface area contributed by atoms with Gasteiger partial charge in [-0.1, -0.05) is 18.2 Å². The molecule has 138 valence electrons. The van der Waals surface area contributed by atoms with Crippen molar-refractivity contribution in [3.8, 4) is 0 Å². The number of carbonyl (C=O) groups is 1. The third kappa shape index (κ3) is 6.48. The molecule has 3 rings (SSSR count). The molecule has 1 saturated heterocycles. The number of hydrogen-bond acceptors (Lipinski definition) is 6. The Hall–Kier alpha value is -1.92. The van der Waals surface area contributed by atoms with Gasteiger partial charge in [-0.2, -0.15) is 0 Å². The topological polar surface area (TPSA) is 57.7 Å². The third-order valence-electron chi connectivity index (χ3n) is 4.50. The minimum Gasteiger partial charge on any atom is -0.471 e. The number of fused-ring (bicyclic) bond motifs is 1. The molecule has 2 aliphatic heterocycles. The van der Waals surface area contributed by atoms with E-state index in [4.69, 9.17) is 9.78 Å². The van der Waals surface area contributed by atoms with Crippen molar-refractivity contribution in [3.05, 3.63) is 35.5 Å². The standard InChI is InChI=1S/C17H26N4.C2H4O2/c1-2-3-9-20-10-12-21(13-11-20)14-16-7-6-15-5-4-8-18-17(15)19-16;1-4-2-3/h2-3,6-7H,4-5,8-14H2,1H3,(H,18,19);2H,1H3/b3-2+;. The molecule has 25 heavy (non-hydrogen) atoms. The molecule has 1 aromatic heterocycles. The maximum Gasteiger partial charge on any atom is 0.292 e. The summed E-state index contributed by atoms with van der Waals surface area (Å²) in [6.45, 7) is 10.2. The highest BCUT2D eigenvalue weighted by atomic mass is 16.5. The summed E-state index contributed by atoms with van der Waals surface area (Å²) in [6.07, 6.45) is 6.77. The van der Waals surface area contributed by atoms with E-state index in [0.717, 1.165) is 51.6 Å². The van der Waals surface area contributed by atoms with Crippen molar-refractivity contribution in [1.82, 2.24) is 14.8 Å². The van der Waals surface area contributed by atoms with Gasteiger partial charge < -0.3 is 10.1 Å². The monoisotopic (exact) mass is 346 g/mol. The summed E-state index contributed by atoms with van der Waals surface area (Å²) in [5.41, 5.74) is 2.58. The Bertz CT molecular complexity index is 554. The minimum absolute atomic E-state index is 0.375. The number of nitrogens with one attached hydrogen (secondary N) is 1. The van der Waals surface area contributed by atoms with Crippen molar-refractivity contribution in [2.24, 2.45) is 0 Å². The van der Waals surface area contributed by atoms with Gasteiger partial charge in [-0.3, -0.25) is 14.6 Å². The predicted molar refractivity (Wildman–Crippen MR) is 101 cm³/mol. The number of nitrogens with zero attached hydrogens (tertiary/aromatic N) is 3. The van der Waals surface area contributed by atoms with Gasteiger partial charge >= 0.3 is 0 Å². The van der Waals surface area contributed by atoms with Gasteiger partial charge in [-0.15, -0.1) is 0 Å². The summed E-state index contributed by atoms with van der Waals surface area (Å²) >= 11 is 0. The second-order valence-electron chi connectivity index (χ2n) is 6.32. The van der Waals surface area contributed by atoms with Crippen LogP contribution in [0.3, 0.4) is 0 Å². The van der Waals surface area contributed by atoms with Crippen LogP contribution in [0.1, 0.15) is 24.6 Å². The summed E-state index contributed by atoms with van der Waals surface area (Å²) in [5.74, 6) is 1.12. The summed E-state index contributed by atoms with van der Waals surface area (Å²) in [6, 6.07) is 4.46. The molecule has 0 aliphatic carbocycles. The molecule has 0 saturated carbocycles. The first-order valence-corrected chi connectivity index (χ1v) is 9.01. The molecule has 6 heteroatoms. The number of allylic oxidation sites excluding steroid dienone is 1. The molecule has 0 unspecified atom stereocenters. The number of piperazine rings is 1. The largest absolute Gasteiger partial charge is 0.471 e. The Morgan fingerprint density at radius 1 is 1.24 bits per heavy atom. The average Bonchev–Trinajstić information content (AvgIpc) is 2.67. The van der Waals surface area contributed by atoms with Crippen LogP contribution in [0.2, 0.25) is 0 Å². The van der Waals surface area contributed by atoms with Gasteiger partial charge in [0.15, 0.2) is 0 Å². The van der Waals surface area contributed by atoms with Crippen LogP contribution < -0.4 is 5.32 Å². The van der Waals surface area contributed by atoms with Gasteiger partial charge in [-0.05, 0) is 31.4 Å². The van der Waals surface area contributed by atoms with E-state index in [2.05, 4.69) is 51.1 Å². The fraction of sp³-hybridized carbons (Fsp3) is 0.579. The lowest BCUT2D eigenvalue weighted by molar-refractivity contribution is -0.126. The summed E-state index contributed by atoms with van der Waals surface area (Å²) in [5, 5.41) is 3.43. The van der Waals surface area contributed by atoms with Crippen LogP contribution in [0.25, 0.3) is 0 Å². The molecule has 1 aromatic rings. The second kappa shape index (κ2) is 10.8. The first-order valence-electron chi connectivity index (χ1n) is 9.01. The SMILES string of the molecule is C/C=C/CN1CCN(Cc2ccc3c(n2)NCCC3)CC1.COC=O. The van der Waals surface area contributed by atoms with Gasteiger partial charge in [0.1, 0.15) is 5.82 Å². The highest BCUT2D eigenvalue weighted by Crippen LogP contribution is 2.20. The molecule has 0 radical (unpaired) electrons. The van der Waals surface area contributed by atoms with Crippen LogP contribution in [-0.2, 0) is 22.5 Å². The summed E-state index contributed by atoms with van der Waals surface area (Å²) < 4.78 is 3.86. The van der Waals surface area contributed by atoms with Crippen molar-refractivity contribution < 1.29 is 9.53 Å². The number of pyridine rings is 1. The normalized spacial score (nSPS) is 18.0. The van der Waals surface area contributed by atoms with Gasteiger partial charge in [0, 0.05) is 45.8 Å². The molecule has 3 heterocycles. The average molecular weight is 346 g/mol. The number of aryl methyl sites for hydroxylation is 1. The summed E-state index contributed by atoms with van der Waals surface area (Å²) in [7, 11) is 1.31. The minimum atomic E-state index is 0.375. The third-order valence-corrected chi connectivity index (χ3v) is 4.50. The lowest BCUT2D eigenvalue weighted by atomic mass is 10.1. The molecule has 1 N–H and O–H groups in total.